The van der Waals surface area contributed by atoms with Crippen LogP contribution in [0.1, 0.15) is 26.6 Å². The maximum absolute atomic E-state index is 12.2. The highest BCUT2D eigenvalue weighted by Gasteiger charge is 2.31. The molecule has 0 unspecified atom stereocenters. The topological polar surface area (TPSA) is 85.2 Å². The van der Waals surface area contributed by atoms with Gasteiger partial charge >= 0.3 is 0 Å². The zero-order valence-corrected chi connectivity index (χ0v) is 15.0. The van der Waals surface area contributed by atoms with Crippen LogP contribution in [0.15, 0.2) is 0 Å². The van der Waals surface area contributed by atoms with Crippen molar-refractivity contribution >= 4 is 22.6 Å². The number of carbonyl (C=O) groups is 1. The SMILES string of the molecule is Cc1nsc(N2CCN(CC(=O)N[C@@](C)(C#N)C(C)C)CC2)n1. The monoisotopic (exact) mass is 336 g/mol. The number of hydrogen-bond donors (Lipinski definition) is 1. The smallest absolute Gasteiger partial charge is 0.235 e. The van der Waals surface area contributed by atoms with Gasteiger partial charge in [0.15, 0.2) is 0 Å². The molecule has 0 saturated carbocycles. The average molecular weight is 336 g/mol. The second-order valence-corrected chi connectivity index (χ2v) is 7.13. The molecule has 0 bridgehead atoms. The first kappa shape index (κ1) is 17.6. The average Bonchev–Trinajstić information content (AvgIpc) is 2.94. The van der Waals surface area contributed by atoms with Crippen LogP contribution in [0, 0.1) is 24.2 Å². The molecule has 1 aliphatic rings. The summed E-state index contributed by atoms with van der Waals surface area (Å²) in [5.41, 5.74) is -0.816. The lowest BCUT2D eigenvalue weighted by atomic mass is 9.90. The van der Waals surface area contributed by atoms with Gasteiger partial charge in [0.2, 0.25) is 11.0 Å². The van der Waals surface area contributed by atoms with Crippen LogP contribution in [0.5, 0.6) is 0 Å². The van der Waals surface area contributed by atoms with Crippen molar-refractivity contribution in [3.63, 3.8) is 0 Å². The molecule has 8 heteroatoms. The van der Waals surface area contributed by atoms with Crippen molar-refractivity contribution in [3.8, 4) is 6.07 Å². The first-order chi connectivity index (χ1) is 10.8. The quantitative estimate of drug-likeness (QED) is 0.864. The molecule has 0 aliphatic carbocycles. The van der Waals surface area contributed by atoms with Crippen molar-refractivity contribution in [2.75, 3.05) is 37.6 Å². The Morgan fingerprint density at radius 2 is 2.09 bits per heavy atom. The number of rotatable bonds is 5. The van der Waals surface area contributed by atoms with Gasteiger partial charge in [-0.2, -0.15) is 9.64 Å². The van der Waals surface area contributed by atoms with E-state index in [0.717, 1.165) is 37.1 Å². The van der Waals surface area contributed by atoms with Crippen LogP contribution in [-0.4, -0.2) is 58.4 Å². The van der Waals surface area contributed by atoms with E-state index in [1.165, 1.54) is 11.5 Å². The van der Waals surface area contributed by atoms with Crippen LogP contribution in [0.2, 0.25) is 0 Å². The number of nitrogens with one attached hydrogen (secondary N) is 1. The van der Waals surface area contributed by atoms with E-state index in [2.05, 4.69) is 30.5 Å². The molecule has 2 rings (SSSR count). The third kappa shape index (κ3) is 4.39. The first-order valence-electron chi connectivity index (χ1n) is 7.84. The Morgan fingerprint density at radius 3 is 2.57 bits per heavy atom. The fourth-order valence-corrected chi connectivity index (χ4v) is 3.07. The van der Waals surface area contributed by atoms with Crippen molar-refractivity contribution in [2.45, 2.75) is 33.2 Å². The van der Waals surface area contributed by atoms with Crippen LogP contribution in [-0.2, 0) is 4.79 Å². The van der Waals surface area contributed by atoms with Crippen molar-refractivity contribution in [1.29, 1.82) is 5.26 Å². The van der Waals surface area contributed by atoms with E-state index in [4.69, 9.17) is 0 Å². The zero-order chi connectivity index (χ0) is 17.0. The Kier molecular flexibility index (Phi) is 5.55. The van der Waals surface area contributed by atoms with E-state index in [1.54, 1.807) is 6.92 Å². The summed E-state index contributed by atoms with van der Waals surface area (Å²) >= 11 is 1.42. The largest absolute Gasteiger partial charge is 0.344 e. The van der Waals surface area contributed by atoms with E-state index in [0.29, 0.717) is 6.54 Å². The molecule has 1 aliphatic heterocycles. The van der Waals surface area contributed by atoms with E-state index in [1.807, 2.05) is 20.8 Å². The number of aryl methyl sites for hydroxylation is 1. The molecule has 1 aromatic rings. The van der Waals surface area contributed by atoms with Crippen LogP contribution >= 0.6 is 11.5 Å². The lowest BCUT2D eigenvalue weighted by Crippen LogP contribution is -2.54. The van der Waals surface area contributed by atoms with Crippen LogP contribution in [0.3, 0.4) is 0 Å². The number of hydrogen-bond acceptors (Lipinski definition) is 7. The summed E-state index contributed by atoms with van der Waals surface area (Å²) in [6.45, 7) is 11.1. The van der Waals surface area contributed by atoms with Gasteiger partial charge in [-0.3, -0.25) is 9.69 Å². The maximum Gasteiger partial charge on any atom is 0.235 e. The first-order valence-corrected chi connectivity index (χ1v) is 8.61. The van der Waals surface area contributed by atoms with Gasteiger partial charge in [-0.15, -0.1) is 0 Å². The summed E-state index contributed by atoms with van der Waals surface area (Å²) in [5, 5.41) is 13.1. The Hall–Kier alpha value is -1.72. The van der Waals surface area contributed by atoms with E-state index in [9.17, 15) is 10.1 Å². The van der Waals surface area contributed by atoms with Gasteiger partial charge in [-0.1, -0.05) is 13.8 Å². The standard InChI is InChI=1S/C15H24N6OS/c1-11(2)15(4,10-16)18-13(22)9-20-5-7-21(8-6-20)14-17-12(3)19-23-14/h11H,5-9H2,1-4H3,(H,18,22)/t15-/m0/s1. The molecule has 126 valence electrons. The number of nitrogens with zero attached hydrogens (tertiary/aromatic N) is 5. The number of piperazine rings is 1. The number of amides is 1. The molecule has 1 N–H and O–H groups in total. The predicted octanol–water partition coefficient (Wildman–Crippen LogP) is 1.02. The Morgan fingerprint density at radius 1 is 1.43 bits per heavy atom. The van der Waals surface area contributed by atoms with E-state index >= 15 is 0 Å². The van der Waals surface area contributed by atoms with Crippen molar-refractivity contribution < 1.29 is 4.79 Å². The van der Waals surface area contributed by atoms with E-state index < -0.39 is 5.54 Å². The highest BCUT2D eigenvalue weighted by atomic mass is 32.1. The second-order valence-electron chi connectivity index (χ2n) is 6.40. The van der Waals surface area contributed by atoms with Gasteiger partial charge in [-0.25, -0.2) is 4.98 Å². The second kappa shape index (κ2) is 7.23. The molecule has 1 aromatic heterocycles. The highest BCUT2D eigenvalue weighted by Crippen LogP contribution is 2.19. The van der Waals surface area contributed by atoms with Crippen molar-refractivity contribution in [3.05, 3.63) is 5.82 Å². The fraction of sp³-hybridized carbons (Fsp3) is 0.733. The van der Waals surface area contributed by atoms with Crippen molar-refractivity contribution in [2.24, 2.45) is 5.92 Å². The molecule has 1 atom stereocenters. The lowest BCUT2D eigenvalue weighted by molar-refractivity contribution is -0.124. The maximum atomic E-state index is 12.2. The van der Waals surface area contributed by atoms with Gasteiger partial charge in [-0.05, 0) is 19.8 Å². The molecule has 0 aromatic carbocycles. The van der Waals surface area contributed by atoms with Gasteiger partial charge in [0.25, 0.3) is 0 Å². The molecule has 1 fully saturated rings. The molecule has 0 radical (unpaired) electrons. The fourth-order valence-electron chi connectivity index (χ4n) is 2.35. The molecule has 1 amide bonds. The summed E-state index contributed by atoms with van der Waals surface area (Å²) in [5.74, 6) is 0.771. The summed E-state index contributed by atoms with van der Waals surface area (Å²) in [4.78, 5) is 20.9. The Bertz CT molecular complexity index is 587. The molecular formula is C15H24N6OS. The molecule has 0 spiro atoms. The van der Waals surface area contributed by atoms with Gasteiger partial charge < -0.3 is 10.2 Å². The number of aromatic nitrogens is 2. The molecule has 2 heterocycles. The Balaban J connectivity index is 1.82. The summed E-state index contributed by atoms with van der Waals surface area (Å²) in [7, 11) is 0. The van der Waals surface area contributed by atoms with Crippen LogP contribution in [0.25, 0.3) is 0 Å². The number of carbonyl (C=O) groups excluding carboxylic acids is 1. The van der Waals surface area contributed by atoms with Gasteiger partial charge in [0.05, 0.1) is 12.6 Å². The molecule has 1 saturated heterocycles. The lowest BCUT2D eigenvalue weighted by Gasteiger charge is -2.35. The zero-order valence-electron chi connectivity index (χ0n) is 14.2. The molecule has 23 heavy (non-hydrogen) atoms. The minimum atomic E-state index is -0.816. The van der Waals surface area contributed by atoms with Crippen LogP contribution in [0.4, 0.5) is 5.13 Å². The molecular weight excluding hydrogens is 312 g/mol. The minimum Gasteiger partial charge on any atom is -0.344 e. The molecule has 7 nitrogen and oxygen atoms in total. The van der Waals surface area contributed by atoms with Crippen molar-refractivity contribution in [1.82, 2.24) is 19.6 Å². The predicted molar refractivity (Wildman–Crippen MR) is 90.3 cm³/mol. The third-order valence-corrected chi connectivity index (χ3v) is 5.18. The minimum absolute atomic E-state index is 0.0638. The van der Waals surface area contributed by atoms with E-state index in [-0.39, 0.29) is 11.8 Å². The number of nitriles is 1. The normalized spacial score (nSPS) is 18.5. The third-order valence-electron chi connectivity index (χ3n) is 4.31. The highest BCUT2D eigenvalue weighted by molar-refractivity contribution is 7.09. The summed E-state index contributed by atoms with van der Waals surface area (Å²) < 4.78 is 4.21. The van der Waals surface area contributed by atoms with Crippen LogP contribution < -0.4 is 10.2 Å². The van der Waals surface area contributed by atoms with Gasteiger partial charge in [0.1, 0.15) is 11.4 Å². The summed E-state index contributed by atoms with van der Waals surface area (Å²) in [6.07, 6.45) is 0. The Labute approximate surface area is 141 Å². The number of anilines is 1. The van der Waals surface area contributed by atoms with Gasteiger partial charge in [0, 0.05) is 37.7 Å². The summed E-state index contributed by atoms with van der Waals surface area (Å²) in [6, 6.07) is 2.20.